The third-order valence-electron chi connectivity index (χ3n) is 11.1. The predicted octanol–water partition coefficient (Wildman–Crippen LogP) is 3.06. The molecule has 8 rings (SSSR count). The zero-order valence-corrected chi connectivity index (χ0v) is 27.7. The Bertz CT molecular complexity index is 2210. The van der Waals surface area contributed by atoms with Crippen LogP contribution < -0.4 is 0 Å². The summed E-state index contributed by atoms with van der Waals surface area (Å²) in [6.07, 6.45) is -0.387. The van der Waals surface area contributed by atoms with Gasteiger partial charge in [0.25, 0.3) is 0 Å². The lowest BCUT2D eigenvalue weighted by molar-refractivity contribution is -0.140. The van der Waals surface area contributed by atoms with Crippen molar-refractivity contribution in [3.63, 3.8) is 0 Å². The molecule has 0 saturated carbocycles. The Hall–Kier alpha value is -6.28. The minimum atomic E-state index is -0.693. The van der Waals surface area contributed by atoms with E-state index in [9.17, 15) is 39.3 Å². The van der Waals surface area contributed by atoms with Crippen molar-refractivity contribution in [1.29, 1.82) is 10.5 Å². The Labute approximate surface area is 290 Å². The maximum absolute atomic E-state index is 13.7. The third-order valence-corrected chi connectivity index (χ3v) is 11.1. The number of amides is 4. The standard InChI is InChI=1S/C37H30N6O8/c1-50-36(48)42-28-6-4-18(16-38)10-20(28)22-12-24-26(14-30(22)42)34(46)40(32(24)44)8-3-9-41-33(45)25-13-23-21-11-19(17-39)5-7-29(21)43(37(49)51-2)31(23)15-27(25)35(41)47/h4-7,10-11,24-27H,3,8-9,12-15H2,1-2H3. The van der Waals surface area contributed by atoms with Crippen LogP contribution >= 0.6 is 0 Å². The maximum Gasteiger partial charge on any atom is 0.418 e. The van der Waals surface area contributed by atoms with E-state index in [2.05, 4.69) is 12.1 Å². The van der Waals surface area contributed by atoms with Gasteiger partial charge in [0.2, 0.25) is 23.6 Å². The van der Waals surface area contributed by atoms with Crippen molar-refractivity contribution in [2.75, 3.05) is 27.3 Å². The van der Waals surface area contributed by atoms with Crippen molar-refractivity contribution >= 4 is 57.6 Å². The van der Waals surface area contributed by atoms with E-state index >= 15 is 0 Å². The lowest BCUT2D eigenvalue weighted by atomic mass is 9.79. The van der Waals surface area contributed by atoms with Crippen LogP contribution in [0.3, 0.4) is 0 Å². The molecular weight excluding hydrogens is 656 g/mol. The second-order valence-electron chi connectivity index (χ2n) is 13.4. The molecule has 4 aliphatic rings. The van der Waals surface area contributed by atoms with Gasteiger partial charge in [0, 0.05) is 48.1 Å². The summed E-state index contributed by atoms with van der Waals surface area (Å²) in [7, 11) is 2.52. The number of nitrogens with zero attached hydrogens (tertiary/aromatic N) is 6. The fourth-order valence-electron chi connectivity index (χ4n) is 8.75. The quantitative estimate of drug-likeness (QED) is 0.289. The lowest BCUT2D eigenvalue weighted by Crippen LogP contribution is -2.37. The van der Waals surface area contributed by atoms with E-state index in [-0.39, 0.29) is 68.8 Å². The summed E-state index contributed by atoms with van der Waals surface area (Å²) in [4.78, 5) is 82.8. The SMILES string of the molecule is COC(=O)n1c2c(c3cc(C#N)ccc31)CC1C(=O)N(CCCN3C(=O)C4Cc5c(n(C(=O)OC)c6ccc(C#N)cc56)CC4C3=O)C(=O)C1C2. The number of hydrogen-bond donors (Lipinski definition) is 0. The van der Waals surface area contributed by atoms with Crippen molar-refractivity contribution in [2.45, 2.75) is 32.1 Å². The molecule has 4 heterocycles. The van der Waals surface area contributed by atoms with Gasteiger partial charge in [-0.3, -0.25) is 29.0 Å². The topological polar surface area (TPSA) is 185 Å². The monoisotopic (exact) mass is 686 g/mol. The number of aromatic nitrogens is 2. The molecule has 4 amide bonds. The number of carbonyl (C=O) groups is 6. The number of fused-ring (bicyclic) bond motifs is 8. The summed E-state index contributed by atoms with van der Waals surface area (Å²) in [5, 5.41) is 20.3. The van der Waals surface area contributed by atoms with Crippen LogP contribution in [0.15, 0.2) is 36.4 Å². The first-order valence-electron chi connectivity index (χ1n) is 16.6. The van der Waals surface area contributed by atoms with Crippen LogP contribution in [0, 0.1) is 46.3 Å². The fourth-order valence-corrected chi connectivity index (χ4v) is 8.75. The van der Waals surface area contributed by atoms with Crippen molar-refractivity contribution in [3.05, 3.63) is 70.0 Å². The second-order valence-corrected chi connectivity index (χ2v) is 13.4. The highest BCUT2D eigenvalue weighted by molar-refractivity contribution is 6.08. The van der Waals surface area contributed by atoms with Crippen LogP contribution in [0.5, 0.6) is 0 Å². The number of benzene rings is 2. The third kappa shape index (κ3) is 4.52. The molecule has 4 atom stereocenters. The van der Waals surface area contributed by atoms with E-state index in [1.165, 1.54) is 33.2 Å². The molecule has 2 aromatic carbocycles. The summed E-state index contributed by atoms with van der Waals surface area (Å²) in [6, 6.07) is 14.1. The smallest absolute Gasteiger partial charge is 0.418 e. The van der Waals surface area contributed by atoms with E-state index in [4.69, 9.17) is 9.47 Å². The number of imide groups is 2. The van der Waals surface area contributed by atoms with Crippen LogP contribution in [-0.4, -0.2) is 82.1 Å². The molecule has 2 aliphatic carbocycles. The molecule has 14 heteroatoms. The molecule has 2 aliphatic heterocycles. The van der Waals surface area contributed by atoms with Gasteiger partial charge in [-0.1, -0.05) is 0 Å². The van der Waals surface area contributed by atoms with Gasteiger partial charge in [0.05, 0.1) is 72.2 Å². The first-order chi connectivity index (χ1) is 24.6. The van der Waals surface area contributed by atoms with Crippen molar-refractivity contribution in [1.82, 2.24) is 18.9 Å². The minimum Gasteiger partial charge on any atom is -0.452 e. The Balaban J connectivity index is 0.994. The lowest BCUT2D eigenvalue weighted by Gasteiger charge is -2.23. The average molecular weight is 687 g/mol. The Kier molecular flexibility index (Phi) is 7.31. The van der Waals surface area contributed by atoms with E-state index in [0.29, 0.717) is 44.3 Å². The molecular formula is C37H30N6O8. The van der Waals surface area contributed by atoms with Gasteiger partial charge in [-0.05, 0) is 66.8 Å². The van der Waals surface area contributed by atoms with Gasteiger partial charge in [0.15, 0.2) is 0 Å². The van der Waals surface area contributed by atoms with Gasteiger partial charge in [0.1, 0.15) is 0 Å². The largest absolute Gasteiger partial charge is 0.452 e. The van der Waals surface area contributed by atoms with Crippen LogP contribution in [0.2, 0.25) is 0 Å². The van der Waals surface area contributed by atoms with Crippen molar-refractivity contribution in [2.24, 2.45) is 23.7 Å². The fraction of sp³-hybridized carbons (Fsp3) is 0.351. The number of nitriles is 2. The van der Waals surface area contributed by atoms with Crippen LogP contribution in [0.1, 0.15) is 40.1 Å². The van der Waals surface area contributed by atoms with E-state index in [1.54, 1.807) is 36.4 Å². The summed E-state index contributed by atoms with van der Waals surface area (Å²) in [5.74, 6) is -4.13. The first kappa shape index (κ1) is 32.0. The summed E-state index contributed by atoms with van der Waals surface area (Å²) < 4.78 is 12.9. The predicted molar refractivity (Wildman–Crippen MR) is 176 cm³/mol. The Morgan fingerprint density at radius 1 is 0.647 bits per heavy atom. The molecule has 14 nitrogen and oxygen atoms in total. The average Bonchev–Trinajstić information content (AvgIpc) is 3.80. The Morgan fingerprint density at radius 2 is 1.02 bits per heavy atom. The second kappa shape index (κ2) is 11.7. The van der Waals surface area contributed by atoms with E-state index in [1.807, 2.05) is 0 Å². The highest BCUT2D eigenvalue weighted by Gasteiger charge is 2.53. The summed E-state index contributed by atoms with van der Waals surface area (Å²) in [6.45, 7) is 0.0135. The van der Waals surface area contributed by atoms with Gasteiger partial charge >= 0.3 is 12.2 Å². The molecule has 51 heavy (non-hydrogen) atoms. The molecule has 2 aromatic heterocycles. The highest BCUT2D eigenvalue weighted by atomic mass is 16.5. The van der Waals surface area contributed by atoms with Crippen molar-refractivity contribution in [3.8, 4) is 12.1 Å². The normalized spacial score (nSPS) is 22.0. The molecule has 4 unspecified atom stereocenters. The van der Waals surface area contributed by atoms with Crippen LogP contribution in [0.25, 0.3) is 21.8 Å². The number of likely N-dealkylation sites (tertiary alicyclic amines) is 2. The van der Waals surface area contributed by atoms with E-state index in [0.717, 1.165) is 11.1 Å². The van der Waals surface area contributed by atoms with Gasteiger partial charge in [-0.2, -0.15) is 10.5 Å². The maximum atomic E-state index is 13.7. The molecule has 256 valence electrons. The molecule has 0 radical (unpaired) electrons. The zero-order chi connectivity index (χ0) is 35.9. The zero-order valence-electron chi connectivity index (χ0n) is 27.7. The highest BCUT2D eigenvalue weighted by Crippen LogP contribution is 2.44. The molecule has 0 spiro atoms. The first-order valence-corrected chi connectivity index (χ1v) is 16.6. The molecule has 0 N–H and O–H groups in total. The van der Waals surface area contributed by atoms with Gasteiger partial charge in [-0.25, -0.2) is 18.7 Å². The van der Waals surface area contributed by atoms with Gasteiger partial charge in [-0.15, -0.1) is 0 Å². The molecule has 0 bridgehead atoms. The number of hydrogen-bond acceptors (Lipinski definition) is 10. The number of methoxy groups -OCH3 is 2. The number of rotatable bonds is 4. The van der Waals surface area contributed by atoms with Crippen molar-refractivity contribution < 1.29 is 38.2 Å². The summed E-state index contributed by atoms with van der Waals surface area (Å²) >= 11 is 0. The minimum absolute atomic E-state index is 0.00674. The van der Waals surface area contributed by atoms with E-state index < -0.39 is 35.9 Å². The Morgan fingerprint density at radius 3 is 1.37 bits per heavy atom. The molecule has 2 fully saturated rings. The summed E-state index contributed by atoms with van der Waals surface area (Å²) in [5.41, 5.74) is 4.48. The van der Waals surface area contributed by atoms with Crippen LogP contribution in [-0.2, 0) is 54.3 Å². The van der Waals surface area contributed by atoms with Crippen LogP contribution in [0.4, 0.5) is 9.59 Å². The number of ether oxygens (including phenoxy) is 2. The number of carbonyl (C=O) groups excluding carboxylic acids is 6. The van der Waals surface area contributed by atoms with Gasteiger partial charge < -0.3 is 9.47 Å². The molecule has 2 saturated heterocycles. The molecule has 4 aromatic rings.